The number of benzene rings is 1. The maximum atomic E-state index is 14.4. The number of aromatic nitrogens is 2. The van der Waals surface area contributed by atoms with Gasteiger partial charge in [-0.1, -0.05) is 13.0 Å². The fourth-order valence-corrected chi connectivity index (χ4v) is 2.03. The van der Waals surface area contributed by atoms with Crippen molar-refractivity contribution in [2.24, 2.45) is 0 Å². The normalized spacial score (nSPS) is 10.6. The number of methoxy groups -OCH3 is 1. The summed E-state index contributed by atoms with van der Waals surface area (Å²) in [6.07, 6.45) is 1.62. The SMILES string of the molecule is CCCc1nc(N)c(C)c(-c2cccc(OC)c2F)n1. The van der Waals surface area contributed by atoms with E-state index < -0.39 is 5.82 Å². The molecule has 2 aromatic rings. The van der Waals surface area contributed by atoms with E-state index in [9.17, 15) is 4.39 Å². The molecule has 0 aliphatic rings. The summed E-state index contributed by atoms with van der Waals surface area (Å²) >= 11 is 0. The van der Waals surface area contributed by atoms with Crippen LogP contribution in [0.25, 0.3) is 11.3 Å². The Balaban J connectivity index is 2.62. The lowest BCUT2D eigenvalue weighted by molar-refractivity contribution is 0.387. The number of aryl methyl sites for hydroxylation is 1. The zero-order valence-corrected chi connectivity index (χ0v) is 11.9. The van der Waals surface area contributed by atoms with Gasteiger partial charge in [-0.25, -0.2) is 14.4 Å². The van der Waals surface area contributed by atoms with Gasteiger partial charge in [0.15, 0.2) is 11.6 Å². The monoisotopic (exact) mass is 275 g/mol. The third-order valence-electron chi connectivity index (χ3n) is 3.14. The van der Waals surface area contributed by atoms with Crippen molar-refractivity contribution in [2.45, 2.75) is 26.7 Å². The van der Waals surface area contributed by atoms with Crippen LogP contribution in [0.15, 0.2) is 18.2 Å². The summed E-state index contributed by atoms with van der Waals surface area (Å²) in [5.74, 6) is 0.781. The molecule has 5 heteroatoms. The first kappa shape index (κ1) is 14.2. The highest BCUT2D eigenvalue weighted by molar-refractivity contribution is 5.69. The lowest BCUT2D eigenvalue weighted by atomic mass is 10.1. The molecule has 1 aromatic heterocycles. The predicted molar refractivity (Wildman–Crippen MR) is 77.1 cm³/mol. The molecular weight excluding hydrogens is 257 g/mol. The number of hydrogen-bond acceptors (Lipinski definition) is 4. The minimum Gasteiger partial charge on any atom is -0.494 e. The van der Waals surface area contributed by atoms with Gasteiger partial charge in [0.2, 0.25) is 0 Å². The Labute approximate surface area is 117 Å². The number of nitrogens with zero attached hydrogens (tertiary/aromatic N) is 2. The van der Waals surface area contributed by atoms with Crippen LogP contribution in [0, 0.1) is 12.7 Å². The summed E-state index contributed by atoms with van der Waals surface area (Å²) in [7, 11) is 1.44. The van der Waals surface area contributed by atoms with Gasteiger partial charge in [-0.15, -0.1) is 0 Å². The van der Waals surface area contributed by atoms with E-state index in [4.69, 9.17) is 10.5 Å². The van der Waals surface area contributed by atoms with Crippen LogP contribution in [0.2, 0.25) is 0 Å². The van der Waals surface area contributed by atoms with E-state index >= 15 is 0 Å². The number of rotatable bonds is 4. The summed E-state index contributed by atoms with van der Waals surface area (Å²) < 4.78 is 19.4. The van der Waals surface area contributed by atoms with Crippen LogP contribution in [-0.2, 0) is 6.42 Å². The van der Waals surface area contributed by atoms with Gasteiger partial charge in [-0.3, -0.25) is 0 Å². The van der Waals surface area contributed by atoms with E-state index in [1.165, 1.54) is 7.11 Å². The van der Waals surface area contributed by atoms with Crippen molar-refractivity contribution < 1.29 is 9.13 Å². The van der Waals surface area contributed by atoms with Gasteiger partial charge in [-0.05, 0) is 25.5 Å². The predicted octanol–water partition coefficient (Wildman–Crippen LogP) is 3.13. The molecule has 0 saturated carbocycles. The van der Waals surface area contributed by atoms with Crippen molar-refractivity contribution in [3.63, 3.8) is 0 Å². The van der Waals surface area contributed by atoms with Gasteiger partial charge >= 0.3 is 0 Å². The molecule has 0 saturated heterocycles. The second kappa shape index (κ2) is 5.86. The molecule has 0 spiro atoms. The van der Waals surface area contributed by atoms with E-state index in [1.54, 1.807) is 25.1 Å². The van der Waals surface area contributed by atoms with Gasteiger partial charge in [0, 0.05) is 17.5 Å². The molecule has 1 aromatic carbocycles. The third kappa shape index (κ3) is 2.57. The molecule has 0 unspecified atom stereocenters. The number of nitrogens with two attached hydrogens (primary N) is 1. The molecule has 0 fully saturated rings. The number of hydrogen-bond donors (Lipinski definition) is 1. The van der Waals surface area contributed by atoms with Crippen molar-refractivity contribution in [1.82, 2.24) is 9.97 Å². The minimum atomic E-state index is -0.432. The van der Waals surface area contributed by atoms with E-state index in [0.717, 1.165) is 6.42 Å². The maximum Gasteiger partial charge on any atom is 0.174 e. The van der Waals surface area contributed by atoms with Gasteiger partial charge in [0.05, 0.1) is 12.8 Å². The smallest absolute Gasteiger partial charge is 0.174 e. The van der Waals surface area contributed by atoms with Crippen LogP contribution in [-0.4, -0.2) is 17.1 Å². The van der Waals surface area contributed by atoms with E-state index in [0.29, 0.717) is 34.9 Å². The third-order valence-corrected chi connectivity index (χ3v) is 3.14. The van der Waals surface area contributed by atoms with E-state index in [1.807, 2.05) is 6.92 Å². The molecule has 0 atom stereocenters. The summed E-state index contributed by atoms with van der Waals surface area (Å²) in [5, 5.41) is 0. The van der Waals surface area contributed by atoms with Crippen molar-refractivity contribution in [3.8, 4) is 17.0 Å². The van der Waals surface area contributed by atoms with Gasteiger partial charge in [0.1, 0.15) is 11.6 Å². The molecule has 20 heavy (non-hydrogen) atoms. The van der Waals surface area contributed by atoms with E-state index in [2.05, 4.69) is 9.97 Å². The van der Waals surface area contributed by atoms with Crippen molar-refractivity contribution in [2.75, 3.05) is 12.8 Å². The fraction of sp³-hybridized carbons (Fsp3) is 0.333. The summed E-state index contributed by atoms with van der Waals surface area (Å²) in [6.45, 7) is 3.82. The quantitative estimate of drug-likeness (QED) is 0.931. The Kier molecular flexibility index (Phi) is 4.17. The Morgan fingerprint density at radius 2 is 2.05 bits per heavy atom. The first-order chi connectivity index (χ1) is 9.58. The van der Waals surface area contributed by atoms with Gasteiger partial charge in [0.25, 0.3) is 0 Å². The van der Waals surface area contributed by atoms with E-state index in [-0.39, 0.29) is 5.75 Å². The van der Waals surface area contributed by atoms with Crippen LogP contribution < -0.4 is 10.5 Å². The minimum absolute atomic E-state index is 0.191. The molecule has 0 bridgehead atoms. The Hall–Kier alpha value is -2.17. The average molecular weight is 275 g/mol. The largest absolute Gasteiger partial charge is 0.494 e. The Morgan fingerprint density at radius 1 is 1.30 bits per heavy atom. The zero-order valence-electron chi connectivity index (χ0n) is 11.9. The van der Waals surface area contributed by atoms with Crippen LogP contribution in [0.3, 0.4) is 0 Å². The first-order valence-electron chi connectivity index (χ1n) is 6.54. The van der Waals surface area contributed by atoms with Crippen LogP contribution in [0.5, 0.6) is 5.75 Å². The molecule has 2 rings (SSSR count). The summed E-state index contributed by atoms with van der Waals surface area (Å²) in [5.41, 5.74) is 7.49. The molecule has 4 nitrogen and oxygen atoms in total. The lowest BCUT2D eigenvalue weighted by Gasteiger charge is -2.12. The highest BCUT2D eigenvalue weighted by Crippen LogP contribution is 2.31. The van der Waals surface area contributed by atoms with Gasteiger partial charge in [-0.2, -0.15) is 0 Å². The Bertz CT molecular complexity index is 629. The van der Waals surface area contributed by atoms with Crippen molar-refractivity contribution in [3.05, 3.63) is 35.4 Å². The Morgan fingerprint density at radius 3 is 2.70 bits per heavy atom. The molecule has 2 N–H and O–H groups in total. The lowest BCUT2D eigenvalue weighted by Crippen LogP contribution is -2.06. The average Bonchev–Trinajstić information content (AvgIpc) is 2.43. The molecule has 0 aliphatic heterocycles. The fourth-order valence-electron chi connectivity index (χ4n) is 2.03. The highest BCUT2D eigenvalue weighted by atomic mass is 19.1. The number of halogens is 1. The zero-order chi connectivity index (χ0) is 14.7. The van der Waals surface area contributed by atoms with Crippen molar-refractivity contribution in [1.29, 1.82) is 0 Å². The first-order valence-corrected chi connectivity index (χ1v) is 6.54. The second-order valence-electron chi connectivity index (χ2n) is 4.57. The summed E-state index contributed by atoms with van der Waals surface area (Å²) in [4.78, 5) is 8.68. The molecule has 0 amide bonds. The standard InChI is InChI=1S/C15H18FN3O/c1-4-6-12-18-14(9(2)15(17)19-12)10-7-5-8-11(20-3)13(10)16/h5,7-8H,4,6H2,1-3H3,(H2,17,18,19). The maximum absolute atomic E-state index is 14.4. The summed E-state index contributed by atoms with van der Waals surface area (Å²) in [6, 6.07) is 4.97. The van der Waals surface area contributed by atoms with Crippen LogP contribution in [0.1, 0.15) is 24.7 Å². The number of ether oxygens (including phenoxy) is 1. The van der Waals surface area contributed by atoms with Crippen molar-refractivity contribution >= 4 is 5.82 Å². The highest BCUT2D eigenvalue weighted by Gasteiger charge is 2.16. The topological polar surface area (TPSA) is 61.0 Å². The number of anilines is 1. The molecule has 0 radical (unpaired) electrons. The molecule has 1 heterocycles. The number of nitrogen functional groups attached to an aromatic ring is 1. The molecule has 106 valence electrons. The van der Waals surface area contributed by atoms with Gasteiger partial charge < -0.3 is 10.5 Å². The van der Waals surface area contributed by atoms with Crippen LogP contribution >= 0.6 is 0 Å². The molecule has 0 aliphatic carbocycles. The second-order valence-corrected chi connectivity index (χ2v) is 4.57. The van der Waals surface area contributed by atoms with Crippen LogP contribution in [0.4, 0.5) is 10.2 Å². The molecular formula is C15H18FN3O.